The third-order valence-electron chi connectivity index (χ3n) is 1.78. The molecule has 13 heavy (non-hydrogen) atoms. The summed E-state index contributed by atoms with van der Waals surface area (Å²) in [6.07, 6.45) is 0.307. The first-order valence-electron chi connectivity index (χ1n) is 3.91. The van der Waals surface area contributed by atoms with Crippen LogP contribution in [0.2, 0.25) is 5.02 Å². The number of benzene rings is 1. The molecule has 0 spiro atoms. The maximum Gasteiger partial charge on any atom is 0.0912 e. The highest BCUT2D eigenvalue weighted by Gasteiger charge is 2.09. The van der Waals surface area contributed by atoms with Gasteiger partial charge in [0.25, 0.3) is 0 Å². The lowest BCUT2D eigenvalue weighted by atomic mass is 10.1. The Morgan fingerprint density at radius 2 is 2.23 bits per heavy atom. The fourth-order valence-corrected chi connectivity index (χ4v) is 1.89. The van der Waals surface area contributed by atoms with Gasteiger partial charge in [-0.1, -0.05) is 33.6 Å². The summed E-state index contributed by atoms with van der Waals surface area (Å²) in [4.78, 5) is 0. The number of halogens is 3. The third kappa shape index (κ3) is 2.93. The molecule has 0 unspecified atom stereocenters. The molecule has 0 amide bonds. The number of rotatable bonds is 3. The van der Waals surface area contributed by atoms with E-state index in [1.807, 2.05) is 12.1 Å². The summed E-state index contributed by atoms with van der Waals surface area (Å²) >= 11 is 9.21. The average molecular weight is 267 g/mol. The summed E-state index contributed by atoms with van der Waals surface area (Å²) < 4.78 is 12.9. The Balaban J connectivity index is 2.88. The lowest BCUT2D eigenvalue weighted by molar-refractivity contribution is 0.442. The van der Waals surface area contributed by atoms with Gasteiger partial charge in [0.05, 0.1) is 6.67 Å². The Morgan fingerprint density at radius 3 is 2.77 bits per heavy atom. The summed E-state index contributed by atoms with van der Waals surface area (Å²) in [6, 6.07) is 5.10. The van der Waals surface area contributed by atoms with Crippen molar-refractivity contribution < 1.29 is 4.39 Å². The van der Waals surface area contributed by atoms with Crippen molar-refractivity contribution in [2.24, 2.45) is 5.73 Å². The van der Waals surface area contributed by atoms with Gasteiger partial charge >= 0.3 is 0 Å². The van der Waals surface area contributed by atoms with Crippen LogP contribution in [0.15, 0.2) is 22.7 Å². The van der Waals surface area contributed by atoms with E-state index in [1.165, 1.54) is 0 Å². The van der Waals surface area contributed by atoms with Crippen LogP contribution in [0.4, 0.5) is 4.39 Å². The zero-order valence-electron chi connectivity index (χ0n) is 6.93. The van der Waals surface area contributed by atoms with Crippen LogP contribution in [0.1, 0.15) is 18.0 Å². The minimum Gasteiger partial charge on any atom is -0.324 e. The zero-order valence-corrected chi connectivity index (χ0v) is 9.28. The molecule has 0 aromatic heterocycles. The van der Waals surface area contributed by atoms with E-state index in [2.05, 4.69) is 15.9 Å². The van der Waals surface area contributed by atoms with Gasteiger partial charge in [-0.2, -0.15) is 0 Å². The molecule has 4 heteroatoms. The van der Waals surface area contributed by atoms with E-state index in [4.69, 9.17) is 17.3 Å². The van der Waals surface area contributed by atoms with Gasteiger partial charge in [0.15, 0.2) is 0 Å². The first kappa shape index (κ1) is 11.0. The van der Waals surface area contributed by atoms with Crippen LogP contribution in [0.5, 0.6) is 0 Å². The molecule has 2 N–H and O–H groups in total. The second-order valence-corrected chi connectivity index (χ2v) is 4.07. The van der Waals surface area contributed by atoms with Crippen molar-refractivity contribution in [1.82, 2.24) is 0 Å². The lowest BCUT2D eigenvalue weighted by Crippen LogP contribution is -2.11. The van der Waals surface area contributed by atoms with E-state index >= 15 is 0 Å². The Hall–Kier alpha value is -0.120. The molecule has 0 heterocycles. The maximum atomic E-state index is 12.0. The van der Waals surface area contributed by atoms with Crippen molar-refractivity contribution in [3.05, 3.63) is 33.3 Å². The fraction of sp³-hybridized carbons (Fsp3) is 0.333. The van der Waals surface area contributed by atoms with Gasteiger partial charge in [-0.15, -0.1) is 0 Å². The van der Waals surface area contributed by atoms with E-state index in [1.54, 1.807) is 6.07 Å². The highest BCUT2D eigenvalue weighted by atomic mass is 79.9. The number of alkyl halides is 1. The minimum atomic E-state index is -0.423. The Labute approximate surface area is 90.2 Å². The first-order valence-corrected chi connectivity index (χ1v) is 5.08. The number of hydrogen-bond donors (Lipinski definition) is 1. The molecule has 1 nitrogen and oxygen atoms in total. The summed E-state index contributed by atoms with van der Waals surface area (Å²) in [5, 5.41) is 0.579. The zero-order chi connectivity index (χ0) is 9.84. The third-order valence-corrected chi connectivity index (χ3v) is 2.60. The summed E-state index contributed by atoms with van der Waals surface area (Å²) in [7, 11) is 0. The molecule has 0 aliphatic rings. The van der Waals surface area contributed by atoms with E-state index in [0.29, 0.717) is 11.4 Å². The van der Waals surface area contributed by atoms with Crippen molar-refractivity contribution in [3.63, 3.8) is 0 Å². The quantitative estimate of drug-likeness (QED) is 0.891. The normalized spacial score (nSPS) is 12.9. The van der Waals surface area contributed by atoms with Crippen LogP contribution in [0, 0.1) is 0 Å². The molecule has 1 aromatic carbocycles. The summed E-state index contributed by atoms with van der Waals surface area (Å²) in [6.45, 7) is -0.423. The maximum absolute atomic E-state index is 12.0. The summed E-state index contributed by atoms with van der Waals surface area (Å²) in [5.41, 5.74) is 6.51. The van der Waals surface area contributed by atoms with Gasteiger partial charge in [0.1, 0.15) is 0 Å². The van der Waals surface area contributed by atoms with Gasteiger partial charge in [-0.05, 0) is 24.1 Å². The van der Waals surface area contributed by atoms with Crippen LogP contribution in [-0.4, -0.2) is 6.67 Å². The van der Waals surface area contributed by atoms with Gasteiger partial charge in [0, 0.05) is 15.5 Å². The molecular weight excluding hydrogens is 256 g/mol. The molecule has 0 aliphatic carbocycles. The lowest BCUT2D eigenvalue weighted by Gasteiger charge is -2.11. The van der Waals surface area contributed by atoms with Crippen LogP contribution in [0.25, 0.3) is 0 Å². The van der Waals surface area contributed by atoms with Gasteiger partial charge in [0.2, 0.25) is 0 Å². The molecule has 0 bridgehead atoms. The molecule has 1 rings (SSSR count). The number of hydrogen-bond acceptors (Lipinski definition) is 1. The van der Waals surface area contributed by atoms with E-state index in [0.717, 1.165) is 10.0 Å². The Bertz CT molecular complexity index is 293. The molecule has 1 aromatic rings. The van der Waals surface area contributed by atoms with Crippen LogP contribution < -0.4 is 5.73 Å². The molecule has 0 saturated carbocycles. The Kier molecular flexibility index (Phi) is 4.16. The van der Waals surface area contributed by atoms with E-state index in [-0.39, 0.29) is 6.04 Å². The fourth-order valence-electron chi connectivity index (χ4n) is 1.08. The molecule has 0 radical (unpaired) electrons. The second-order valence-electron chi connectivity index (χ2n) is 2.75. The molecular formula is C9H10BrClFN. The predicted octanol–water partition coefficient (Wildman–Crippen LogP) is 3.46. The monoisotopic (exact) mass is 265 g/mol. The Morgan fingerprint density at radius 1 is 1.54 bits per heavy atom. The molecule has 0 fully saturated rings. The molecule has 0 saturated heterocycles. The van der Waals surface area contributed by atoms with E-state index in [9.17, 15) is 4.39 Å². The summed E-state index contributed by atoms with van der Waals surface area (Å²) in [5.74, 6) is 0. The van der Waals surface area contributed by atoms with Gasteiger partial charge < -0.3 is 5.73 Å². The molecule has 72 valence electrons. The number of nitrogens with two attached hydrogens (primary N) is 1. The van der Waals surface area contributed by atoms with Crippen molar-refractivity contribution >= 4 is 27.5 Å². The highest BCUT2D eigenvalue weighted by Crippen LogP contribution is 2.26. The van der Waals surface area contributed by atoms with Crippen molar-refractivity contribution in [2.75, 3.05) is 6.67 Å². The predicted molar refractivity (Wildman–Crippen MR) is 56.7 cm³/mol. The molecule has 0 aliphatic heterocycles. The van der Waals surface area contributed by atoms with Crippen molar-refractivity contribution in [1.29, 1.82) is 0 Å². The SMILES string of the molecule is N[C@@H](CCF)c1ccc(Br)cc1Cl. The van der Waals surface area contributed by atoms with Gasteiger partial charge in [-0.25, -0.2) is 0 Å². The molecule has 1 atom stereocenters. The first-order chi connectivity index (χ1) is 6.15. The van der Waals surface area contributed by atoms with Crippen molar-refractivity contribution in [3.8, 4) is 0 Å². The van der Waals surface area contributed by atoms with Crippen LogP contribution in [0.3, 0.4) is 0 Å². The topological polar surface area (TPSA) is 26.0 Å². The smallest absolute Gasteiger partial charge is 0.0912 e. The van der Waals surface area contributed by atoms with Crippen LogP contribution in [-0.2, 0) is 0 Å². The minimum absolute atomic E-state index is 0.307. The van der Waals surface area contributed by atoms with E-state index < -0.39 is 6.67 Å². The standard InChI is InChI=1S/C9H10BrClFN/c10-6-1-2-7(8(11)5-6)9(13)3-4-12/h1-2,5,9H,3-4,13H2/t9-/m0/s1. The van der Waals surface area contributed by atoms with Gasteiger partial charge in [-0.3, -0.25) is 4.39 Å². The second kappa shape index (κ2) is 4.94. The largest absolute Gasteiger partial charge is 0.324 e. The van der Waals surface area contributed by atoms with Crippen LogP contribution >= 0.6 is 27.5 Å². The average Bonchev–Trinajstić information content (AvgIpc) is 2.04. The highest BCUT2D eigenvalue weighted by molar-refractivity contribution is 9.10. The van der Waals surface area contributed by atoms with Crippen molar-refractivity contribution in [2.45, 2.75) is 12.5 Å².